The van der Waals surface area contributed by atoms with E-state index < -0.39 is 0 Å². The van der Waals surface area contributed by atoms with Crippen LogP contribution in [0.2, 0.25) is 0 Å². The molecule has 0 saturated carbocycles. The number of hydrogen-bond acceptors (Lipinski definition) is 6. The number of aromatic nitrogens is 1. The van der Waals surface area contributed by atoms with E-state index in [4.69, 9.17) is 0 Å². The predicted octanol–water partition coefficient (Wildman–Crippen LogP) is 0.678. The summed E-state index contributed by atoms with van der Waals surface area (Å²) < 4.78 is 0. The maximum absolute atomic E-state index is 12.5. The van der Waals surface area contributed by atoms with Crippen molar-refractivity contribution in [1.82, 2.24) is 25.4 Å². The van der Waals surface area contributed by atoms with Crippen LogP contribution in [0, 0.1) is 0 Å². The van der Waals surface area contributed by atoms with Crippen LogP contribution in [0.1, 0.15) is 40.9 Å². The Labute approximate surface area is 152 Å². The number of amides is 2. The number of thiazole rings is 1. The standard InChI is InChI=1S/C17H27N5O2S/c1-3-18-16(23)13-8-12(10-21(13)2)20-17(24)14-9-19-15(25-14)11-22-6-4-5-7-22/h9,12-13H,3-8,10-11H2,1-2H3,(H,18,23)(H,20,24)/t12-,13-/m0/s1. The van der Waals surface area contributed by atoms with Gasteiger partial charge < -0.3 is 10.6 Å². The van der Waals surface area contributed by atoms with Gasteiger partial charge in [0.2, 0.25) is 5.91 Å². The third-order valence-electron chi connectivity index (χ3n) is 4.87. The number of rotatable bonds is 6. The monoisotopic (exact) mass is 365 g/mol. The molecule has 2 amide bonds. The first kappa shape index (κ1) is 18.3. The molecule has 2 N–H and O–H groups in total. The van der Waals surface area contributed by atoms with E-state index >= 15 is 0 Å². The third-order valence-corrected chi connectivity index (χ3v) is 5.85. The molecule has 2 fully saturated rings. The van der Waals surface area contributed by atoms with Crippen LogP contribution in [0.15, 0.2) is 6.20 Å². The van der Waals surface area contributed by atoms with Crippen molar-refractivity contribution in [2.24, 2.45) is 0 Å². The highest BCUT2D eigenvalue weighted by Crippen LogP contribution is 2.20. The lowest BCUT2D eigenvalue weighted by molar-refractivity contribution is -0.124. The zero-order chi connectivity index (χ0) is 17.8. The predicted molar refractivity (Wildman–Crippen MR) is 97.6 cm³/mol. The maximum atomic E-state index is 12.5. The van der Waals surface area contributed by atoms with Crippen LogP contribution in [0.4, 0.5) is 0 Å². The van der Waals surface area contributed by atoms with Gasteiger partial charge in [-0.1, -0.05) is 0 Å². The van der Waals surface area contributed by atoms with E-state index in [2.05, 4.69) is 20.5 Å². The zero-order valence-electron chi connectivity index (χ0n) is 15.0. The summed E-state index contributed by atoms with van der Waals surface area (Å²) in [6.45, 7) is 6.31. The van der Waals surface area contributed by atoms with Gasteiger partial charge in [0.25, 0.3) is 5.91 Å². The summed E-state index contributed by atoms with van der Waals surface area (Å²) in [5.41, 5.74) is 0. The summed E-state index contributed by atoms with van der Waals surface area (Å²) >= 11 is 1.47. The van der Waals surface area contributed by atoms with E-state index in [9.17, 15) is 9.59 Å². The van der Waals surface area contributed by atoms with Crippen molar-refractivity contribution >= 4 is 23.2 Å². The molecule has 7 nitrogen and oxygen atoms in total. The van der Waals surface area contributed by atoms with Crippen LogP contribution in [0.3, 0.4) is 0 Å². The van der Waals surface area contributed by atoms with Gasteiger partial charge in [0, 0.05) is 19.1 Å². The molecule has 25 heavy (non-hydrogen) atoms. The highest BCUT2D eigenvalue weighted by Gasteiger charge is 2.35. The molecule has 1 aromatic heterocycles. The van der Waals surface area contributed by atoms with E-state index in [1.165, 1.54) is 24.2 Å². The smallest absolute Gasteiger partial charge is 0.263 e. The Hall–Kier alpha value is -1.51. The van der Waals surface area contributed by atoms with Crippen molar-refractivity contribution in [2.45, 2.75) is 44.8 Å². The van der Waals surface area contributed by atoms with Gasteiger partial charge >= 0.3 is 0 Å². The first-order valence-electron chi connectivity index (χ1n) is 9.02. The number of carbonyl (C=O) groups is 2. The number of likely N-dealkylation sites (tertiary alicyclic amines) is 2. The van der Waals surface area contributed by atoms with Crippen molar-refractivity contribution in [3.63, 3.8) is 0 Å². The molecule has 0 radical (unpaired) electrons. The molecular weight excluding hydrogens is 338 g/mol. The van der Waals surface area contributed by atoms with E-state index in [-0.39, 0.29) is 23.9 Å². The summed E-state index contributed by atoms with van der Waals surface area (Å²) in [7, 11) is 1.92. The number of nitrogens with zero attached hydrogens (tertiary/aromatic N) is 3. The van der Waals surface area contributed by atoms with E-state index in [1.54, 1.807) is 6.20 Å². The molecule has 0 bridgehead atoms. The molecule has 0 spiro atoms. The molecule has 2 atom stereocenters. The fourth-order valence-electron chi connectivity index (χ4n) is 3.58. The van der Waals surface area contributed by atoms with Crippen LogP contribution < -0.4 is 10.6 Å². The normalized spacial score (nSPS) is 24.6. The third kappa shape index (κ3) is 4.56. The number of likely N-dealkylation sites (N-methyl/N-ethyl adjacent to an activating group) is 2. The summed E-state index contributed by atoms with van der Waals surface area (Å²) in [6, 6.07) is -0.174. The Morgan fingerprint density at radius 2 is 2.12 bits per heavy atom. The summed E-state index contributed by atoms with van der Waals surface area (Å²) in [6.07, 6.45) is 4.82. The van der Waals surface area contributed by atoms with Crippen molar-refractivity contribution in [3.8, 4) is 0 Å². The van der Waals surface area contributed by atoms with Gasteiger partial charge in [0.15, 0.2) is 0 Å². The number of carbonyl (C=O) groups excluding carboxylic acids is 2. The topological polar surface area (TPSA) is 77.6 Å². The number of hydrogen-bond donors (Lipinski definition) is 2. The fraction of sp³-hybridized carbons (Fsp3) is 0.706. The first-order chi connectivity index (χ1) is 12.1. The van der Waals surface area contributed by atoms with Gasteiger partial charge in [0.1, 0.15) is 9.88 Å². The van der Waals surface area contributed by atoms with Crippen LogP contribution in [0.25, 0.3) is 0 Å². The second-order valence-corrected chi connectivity index (χ2v) is 7.97. The second kappa shape index (κ2) is 8.25. The molecule has 0 aromatic carbocycles. The van der Waals surface area contributed by atoms with Gasteiger partial charge in [-0.05, 0) is 46.3 Å². The summed E-state index contributed by atoms with van der Waals surface area (Å²) in [5.74, 6) is -0.0486. The fourth-order valence-corrected chi connectivity index (χ4v) is 4.44. The quantitative estimate of drug-likeness (QED) is 0.775. The molecule has 2 aliphatic rings. The Kier molecular flexibility index (Phi) is 6.03. The Morgan fingerprint density at radius 1 is 1.36 bits per heavy atom. The first-order valence-corrected chi connectivity index (χ1v) is 9.84. The molecule has 1 aromatic rings. The van der Waals surface area contributed by atoms with Crippen LogP contribution in [-0.4, -0.2) is 71.9 Å². The Morgan fingerprint density at radius 3 is 2.84 bits per heavy atom. The SMILES string of the molecule is CCNC(=O)[C@@H]1C[C@H](NC(=O)c2cnc(CN3CCCC3)s2)CN1C. The van der Waals surface area contributed by atoms with Crippen LogP contribution in [0.5, 0.6) is 0 Å². The minimum atomic E-state index is -0.169. The molecule has 8 heteroatoms. The Balaban J connectivity index is 1.52. The van der Waals surface area contributed by atoms with Crippen molar-refractivity contribution in [2.75, 3.05) is 33.2 Å². The van der Waals surface area contributed by atoms with Gasteiger partial charge in [-0.15, -0.1) is 11.3 Å². The molecule has 3 heterocycles. The highest BCUT2D eigenvalue weighted by molar-refractivity contribution is 7.13. The van der Waals surface area contributed by atoms with Gasteiger partial charge in [-0.2, -0.15) is 0 Å². The van der Waals surface area contributed by atoms with E-state index in [0.29, 0.717) is 24.4 Å². The maximum Gasteiger partial charge on any atom is 0.263 e. The van der Waals surface area contributed by atoms with Crippen molar-refractivity contribution < 1.29 is 9.59 Å². The van der Waals surface area contributed by atoms with Gasteiger partial charge in [-0.25, -0.2) is 4.98 Å². The van der Waals surface area contributed by atoms with Gasteiger partial charge in [0.05, 0.1) is 18.8 Å². The molecule has 0 unspecified atom stereocenters. The lowest BCUT2D eigenvalue weighted by Crippen LogP contribution is -2.41. The van der Waals surface area contributed by atoms with Crippen LogP contribution >= 0.6 is 11.3 Å². The van der Waals surface area contributed by atoms with Gasteiger partial charge in [-0.3, -0.25) is 19.4 Å². The Bertz CT molecular complexity index is 614. The lowest BCUT2D eigenvalue weighted by Gasteiger charge is -2.17. The average molecular weight is 366 g/mol. The summed E-state index contributed by atoms with van der Waals surface area (Å²) in [4.78, 5) is 34.0. The minimum absolute atomic E-state index is 0.00533. The number of nitrogens with one attached hydrogen (secondary N) is 2. The van der Waals surface area contributed by atoms with E-state index in [1.807, 2.05) is 18.9 Å². The van der Waals surface area contributed by atoms with Crippen molar-refractivity contribution in [1.29, 1.82) is 0 Å². The largest absolute Gasteiger partial charge is 0.355 e. The molecular formula is C17H27N5O2S. The average Bonchev–Trinajstić information content (AvgIpc) is 3.30. The summed E-state index contributed by atoms with van der Waals surface area (Å²) in [5, 5.41) is 6.91. The van der Waals surface area contributed by atoms with E-state index in [0.717, 1.165) is 24.6 Å². The molecule has 2 aliphatic heterocycles. The zero-order valence-corrected chi connectivity index (χ0v) is 15.8. The molecule has 3 rings (SSSR count). The second-order valence-electron chi connectivity index (χ2n) is 6.86. The van der Waals surface area contributed by atoms with Crippen LogP contribution in [-0.2, 0) is 11.3 Å². The molecule has 2 saturated heterocycles. The molecule has 0 aliphatic carbocycles. The lowest BCUT2D eigenvalue weighted by atomic mass is 10.1. The van der Waals surface area contributed by atoms with Crippen molar-refractivity contribution in [3.05, 3.63) is 16.1 Å². The minimum Gasteiger partial charge on any atom is -0.355 e. The molecule has 138 valence electrons. The highest BCUT2D eigenvalue weighted by atomic mass is 32.1.